The lowest BCUT2D eigenvalue weighted by molar-refractivity contribution is -0.142. The molecule has 0 aliphatic rings. The largest absolute Gasteiger partial charge is 0.465 e. The Morgan fingerprint density at radius 2 is 1.65 bits per heavy atom. The maximum atomic E-state index is 11.8. The second-order valence-electron chi connectivity index (χ2n) is 5.47. The first-order chi connectivity index (χ1) is 12.5. The smallest absolute Gasteiger partial charge is 0.337 e. The van der Waals surface area contributed by atoms with Crippen LogP contribution >= 0.6 is 0 Å². The van der Waals surface area contributed by atoms with Crippen LogP contribution in [0.3, 0.4) is 0 Å². The van der Waals surface area contributed by atoms with Gasteiger partial charge in [0.25, 0.3) is 5.91 Å². The summed E-state index contributed by atoms with van der Waals surface area (Å²) in [6.07, 6.45) is 2.88. The normalized spacial score (nSPS) is 10.4. The van der Waals surface area contributed by atoms with Crippen molar-refractivity contribution in [2.75, 3.05) is 19.0 Å². The third-order valence-electron chi connectivity index (χ3n) is 3.42. The molecule has 134 valence electrons. The van der Waals surface area contributed by atoms with Gasteiger partial charge >= 0.3 is 11.9 Å². The number of hydrogen-bond acceptors (Lipinski definition) is 5. The van der Waals surface area contributed by atoms with Crippen LogP contribution < -0.4 is 5.32 Å². The minimum absolute atomic E-state index is 0.373. The van der Waals surface area contributed by atoms with E-state index in [0.29, 0.717) is 11.3 Å². The zero-order valence-corrected chi connectivity index (χ0v) is 14.5. The van der Waals surface area contributed by atoms with Crippen molar-refractivity contribution in [3.8, 4) is 0 Å². The number of nitrogens with one attached hydrogen (secondary N) is 1. The summed E-state index contributed by atoms with van der Waals surface area (Å²) >= 11 is 0. The van der Waals surface area contributed by atoms with E-state index in [1.807, 2.05) is 31.2 Å². The van der Waals surface area contributed by atoms with Crippen LogP contribution in [-0.2, 0) is 19.1 Å². The van der Waals surface area contributed by atoms with Crippen LogP contribution in [0.5, 0.6) is 0 Å². The monoisotopic (exact) mass is 353 g/mol. The Bertz CT molecular complexity index is 807. The van der Waals surface area contributed by atoms with Crippen LogP contribution in [0.1, 0.15) is 21.5 Å². The van der Waals surface area contributed by atoms with Crippen molar-refractivity contribution in [1.29, 1.82) is 0 Å². The Labute approximate surface area is 151 Å². The molecule has 0 aromatic heterocycles. The lowest BCUT2D eigenvalue weighted by Gasteiger charge is -2.06. The molecular formula is C20H19NO5. The zero-order valence-electron chi connectivity index (χ0n) is 14.5. The zero-order chi connectivity index (χ0) is 18.9. The highest BCUT2D eigenvalue weighted by Gasteiger charge is 2.08. The molecule has 0 spiro atoms. The van der Waals surface area contributed by atoms with Gasteiger partial charge in [0.2, 0.25) is 0 Å². The molecule has 1 N–H and O–H groups in total. The van der Waals surface area contributed by atoms with Gasteiger partial charge in [-0.3, -0.25) is 4.79 Å². The van der Waals surface area contributed by atoms with E-state index in [0.717, 1.165) is 11.1 Å². The highest BCUT2D eigenvalue weighted by atomic mass is 16.5. The molecule has 0 saturated heterocycles. The molecule has 2 aromatic carbocycles. The molecule has 2 rings (SSSR count). The maximum absolute atomic E-state index is 11.8. The second kappa shape index (κ2) is 9.17. The van der Waals surface area contributed by atoms with Crippen LogP contribution in [-0.4, -0.2) is 31.6 Å². The van der Waals surface area contributed by atoms with E-state index in [1.165, 1.54) is 25.3 Å². The molecule has 0 fully saturated rings. The molecule has 26 heavy (non-hydrogen) atoms. The average Bonchev–Trinajstić information content (AvgIpc) is 2.66. The van der Waals surface area contributed by atoms with Crippen molar-refractivity contribution < 1.29 is 23.9 Å². The first-order valence-corrected chi connectivity index (χ1v) is 7.87. The standard InChI is InChI=1S/C20H19NO5/c1-14-3-5-15(6-4-14)7-12-19(23)26-13-18(22)21-17-10-8-16(9-11-17)20(24)25-2/h3-12H,13H2,1-2H3,(H,21,22)/b12-7+. The Hall–Kier alpha value is -3.41. The van der Waals surface area contributed by atoms with Gasteiger partial charge in [-0.15, -0.1) is 0 Å². The van der Waals surface area contributed by atoms with Crippen molar-refractivity contribution in [2.45, 2.75) is 6.92 Å². The van der Waals surface area contributed by atoms with Gasteiger partial charge in [-0.05, 0) is 42.8 Å². The van der Waals surface area contributed by atoms with Crippen LogP contribution in [0.2, 0.25) is 0 Å². The van der Waals surface area contributed by atoms with Gasteiger partial charge < -0.3 is 14.8 Å². The number of aryl methyl sites for hydroxylation is 1. The Morgan fingerprint density at radius 1 is 1.00 bits per heavy atom. The van der Waals surface area contributed by atoms with E-state index in [-0.39, 0.29) is 0 Å². The lowest BCUT2D eigenvalue weighted by Crippen LogP contribution is -2.20. The molecule has 0 radical (unpaired) electrons. The summed E-state index contributed by atoms with van der Waals surface area (Å²) in [5.74, 6) is -1.55. The number of amides is 1. The summed E-state index contributed by atoms with van der Waals surface area (Å²) in [6, 6.07) is 13.8. The summed E-state index contributed by atoms with van der Waals surface area (Å²) < 4.78 is 9.48. The van der Waals surface area contributed by atoms with E-state index in [2.05, 4.69) is 10.1 Å². The molecule has 0 bridgehead atoms. The second-order valence-corrected chi connectivity index (χ2v) is 5.47. The van der Waals surface area contributed by atoms with Crippen LogP contribution in [0, 0.1) is 6.92 Å². The number of benzene rings is 2. The summed E-state index contributed by atoms with van der Waals surface area (Å²) in [5, 5.41) is 2.57. The molecule has 6 heteroatoms. The van der Waals surface area contributed by atoms with Crippen molar-refractivity contribution in [2.24, 2.45) is 0 Å². The average molecular weight is 353 g/mol. The number of esters is 2. The molecule has 0 saturated carbocycles. The predicted octanol–water partition coefficient (Wildman–Crippen LogP) is 2.98. The number of hydrogen-bond donors (Lipinski definition) is 1. The van der Waals surface area contributed by atoms with Crippen LogP contribution in [0.15, 0.2) is 54.6 Å². The summed E-state index contributed by atoms with van der Waals surface area (Å²) in [6.45, 7) is 1.57. The molecule has 0 aliphatic carbocycles. The van der Waals surface area contributed by atoms with Gasteiger partial charge in [0, 0.05) is 11.8 Å². The molecule has 0 aliphatic heterocycles. The van der Waals surface area contributed by atoms with Crippen molar-refractivity contribution in [3.05, 3.63) is 71.3 Å². The van der Waals surface area contributed by atoms with Gasteiger partial charge in [-0.1, -0.05) is 29.8 Å². The Balaban J connectivity index is 1.79. The number of anilines is 1. The number of ether oxygens (including phenoxy) is 2. The van der Waals surface area contributed by atoms with Gasteiger partial charge in [0.15, 0.2) is 6.61 Å². The molecule has 2 aromatic rings. The van der Waals surface area contributed by atoms with E-state index in [1.54, 1.807) is 18.2 Å². The maximum Gasteiger partial charge on any atom is 0.337 e. The van der Waals surface area contributed by atoms with Gasteiger partial charge in [0.1, 0.15) is 0 Å². The van der Waals surface area contributed by atoms with Crippen molar-refractivity contribution >= 4 is 29.6 Å². The fourth-order valence-corrected chi connectivity index (χ4v) is 2.03. The van der Waals surface area contributed by atoms with E-state index < -0.39 is 24.5 Å². The highest BCUT2D eigenvalue weighted by Crippen LogP contribution is 2.10. The van der Waals surface area contributed by atoms with Crippen molar-refractivity contribution in [1.82, 2.24) is 0 Å². The van der Waals surface area contributed by atoms with Crippen LogP contribution in [0.4, 0.5) is 5.69 Å². The van der Waals surface area contributed by atoms with Crippen LogP contribution in [0.25, 0.3) is 6.08 Å². The molecule has 0 heterocycles. The highest BCUT2D eigenvalue weighted by molar-refractivity contribution is 5.95. The molecule has 1 amide bonds. The number of carbonyl (C=O) groups excluding carboxylic acids is 3. The fraction of sp³-hybridized carbons (Fsp3) is 0.150. The summed E-state index contributed by atoms with van der Waals surface area (Å²) in [5.41, 5.74) is 2.84. The van der Waals surface area contributed by atoms with E-state index in [9.17, 15) is 14.4 Å². The first kappa shape index (κ1) is 18.9. The number of rotatable bonds is 6. The quantitative estimate of drug-likeness (QED) is 0.638. The molecule has 0 unspecified atom stereocenters. The third-order valence-corrected chi connectivity index (χ3v) is 3.42. The van der Waals surface area contributed by atoms with Gasteiger partial charge in [-0.2, -0.15) is 0 Å². The van der Waals surface area contributed by atoms with Crippen molar-refractivity contribution in [3.63, 3.8) is 0 Å². The Morgan fingerprint density at radius 3 is 2.27 bits per heavy atom. The summed E-state index contributed by atoms with van der Waals surface area (Å²) in [4.78, 5) is 34.8. The van der Waals surface area contributed by atoms with E-state index >= 15 is 0 Å². The number of methoxy groups -OCH3 is 1. The molecular weight excluding hydrogens is 334 g/mol. The fourth-order valence-electron chi connectivity index (χ4n) is 2.03. The lowest BCUT2D eigenvalue weighted by atomic mass is 10.1. The van der Waals surface area contributed by atoms with E-state index in [4.69, 9.17) is 4.74 Å². The molecule has 0 atom stereocenters. The SMILES string of the molecule is COC(=O)c1ccc(NC(=O)COC(=O)/C=C/c2ccc(C)cc2)cc1. The Kier molecular flexibility index (Phi) is 6.68. The first-order valence-electron chi connectivity index (χ1n) is 7.87. The number of carbonyl (C=O) groups is 3. The predicted molar refractivity (Wildman–Crippen MR) is 97.6 cm³/mol. The van der Waals surface area contributed by atoms with Gasteiger partial charge in [0.05, 0.1) is 12.7 Å². The summed E-state index contributed by atoms with van der Waals surface area (Å²) in [7, 11) is 1.29. The molecule has 6 nitrogen and oxygen atoms in total. The van der Waals surface area contributed by atoms with Gasteiger partial charge in [-0.25, -0.2) is 9.59 Å². The minimum atomic E-state index is -0.609. The minimum Gasteiger partial charge on any atom is -0.465 e. The third kappa shape index (κ3) is 5.90. The topological polar surface area (TPSA) is 81.7 Å².